The van der Waals surface area contributed by atoms with Gasteiger partial charge in [-0.1, -0.05) is 29.5 Å². The molecule has 0 unspecified atom stereocenters. The number of aromatic nitrogens is 2. The molecule has 2 aromatic rings. The molecule has 2 heterocycles. The highest BCUT2D eigenvalue weighted by molar-refractivity contribution is 7.15. The molecule has 1 aliphatic heterocycles. The van der Waals surface area contributed by atoms with Crippen molar-refractivity contribution in [3.8, 4) is 5.75 Å². The predicted octanol–water partition coefficient (Wildman–Crippen LogP) is 2.03. The van der Waals surface area contributed by atoms with Crippen LogP contribution in [0.15, 0.2) is 24.3 Å². The summed E-state index contributed by atoms with van der Waals surface area (Å²) in [7, 11) is 0. The molecule has 1 atom stereocenters. The molecular formula is C11H11N3OS. The van der Waals surface area contributed by atoms with Crippen LogP contribution in [0.2, 0.25) is 0 Å². The van der Waals surface area contributed by atoms with Gasteiger partial charge in [-0.25, -0.2) is 0 Å². The van der Waals surface area contributed by atoms with Crippen LogP contribution in [-0.2, 0) is 0 Å². The minimum absolute atomic E-state index is 0.278. The topological polar surface area (TPSA) is 61.0 Å². The van der Waals surface area contributed by atoms with Crippen LogP contribution in [0.4, 0.5) is 5.13 Å². The smallest absolute Gasteiger partial charge is 0.203 e. The Morgan fingerprint density at radius 2 is 2.19 bits per heavy atom. The first-order valence-corrected chi connectivity index (χ1v) is 5.97. The van der Waals surface area contributed by atoms with Gasteiger partial charge in [-0.3, -0.25) is 0 Å². The fourth-order valence-electron chi connectivity index (χ4n) is 1.99. The Hall–Kier alpha value is -1.62. The summed E-state index contributed by atoms with van der Waals surface area (Å²) in [6.07, 6.45) is 0.936. The van der Waals surface area contributed by atoms with E-state index < -0.39 is 0 Å². The maximum absolute atomic E-state index is 5.62. The second-order valence-corrected chi connectivity index (χ2v) is 4.75. The molecule has 0 aliphatic carbocycles. The molecule has 2 N–H and O–H groups in total. The number of nitrogens with two attached hydrogens (primary N) is 1. The van der Waals surface area contributed by atoms with Crippen LogP contribution in [0.3, 0.4) is 0 Å². The average molecular weight is 233 g/mol. The van der Waals surface area contributed by atoms with E-state index >= 15 is 0 Å². The normalized spacial score (nSPS) is 18.9. The van der Waals surface area contributed by atoms with Crippen LogP contribution < -0.4 is 10.5 Å². The molecule has 3 rings (SSSR count). The monoisotopic (exact) mass is 233 g/mol. The SMILES string of the molecule is Nc1nnc([C@@H]2CCOc3ccccc32)s1. The third-order valence-electron chi connectivity index (χ3n) is 2.71. The maximum Gasteiger partial charge on any atom is 0.203 e. The Morgan fingerprint density at radius 3 is 3.00 bits per heavy atom. The van der Waals surface area contributed by atoms with Gasteiger partial charge in [-0.15, -0.1) is 10.2 Å². The molecule has 82 valence electrons. The summed E-state index contributed by atoms with van der Waals surface area (Å²) < 4.78 is 5.61. The molecule has 1 aromatic heterocycles. The molecule has 16 heavy (non-hydrogen) atoms. The zero-order valence-electron chi connectivity index (χ0n) is 8.59. The maximum atomic E-state index is 5.62. The highest BCUT2D eigenvalue weighted by atomic mass is 32.1. The zero-order chi connectivity index (χ0) is 11.0. The van der Waals surface area contributed by atoms with Crippen LogP contribution in [0.5, 0.6) is 5.75 Å². The van der Waals surface area contributed by atoms with E-state index in [2.05, 4.69) is 16.3 Å². The molecular weight excluding hydrogens is 222 g/mol. The lowest BCUT2D eigenvalue weighted by Gasteiger charge is -2.23. The Morgan fingerprint density at radius 1 is 1.31 bits per heavy atom. The first-order chi connectivity index (χ1) is 7.84. The first kappa shape index (κ1) is 9.59. The number of fused-ring (bicyclic) bond motifs is 1. The number of hydrogen-bond donors (Lipinski definition) is 1. The Kier molecular flexibility index (Phi) is 2.25. The number of ether oxygens (including phenoxy) is 1. The number of nitrogen functional groups attached to an aromatic ring is 1. The number of hydrogen-bond acceptors (Lipinski definition) is 5. The molecule has 0 fully saturated rings. The molecule has 1 aliphatic rings. The molecule has 0 saturated heterocycles. The summed E-state index contributed by atoms with van der Waals surface area (Å²) >= 11 is 1.46. The predicted molar refractivity (Wildman–Crippen MR) is 62.7 cm³/mol. The van der Waals surface area contributed by atoms with E-state index in [-0.39, 0.29) is 5.92 Å². The van der Waals surface area contributed by atoms with Crippen molar-refractivity contribution < 1.29 is 4.74 Å². The van der Waals surface area contributed by atoms with Crippen LogP contribution in [-0.4, -0.2) is 16.8 Å². The second-order valence-electron chi connectivity index (χ2n) is 3.71. The zero-order valence-corrected chi connectivity index (χ0v) is 9.41. The van der Waals surface area contributed by atoms with E-state index in [0.29, 0.717) is 5.13 Å². The second kappa shape index (κ2) is 3.75. The lowest BCUT2D eigenvalue weighted by Crippen LogP contribution is -2.14. The summed E-state index contributed by atoms with van der Waals surface area (Å²) in [6.45, 7) is 0.723. The van der Waals surface area contributed by atoms with Gasteiger partial charge in [0.05, 0.1) is 6.61 Å². The molecule has 0 amide bonds. The Bertz CT molecular complexity index is 511. The number of rotatable bonds is 1. The van der Waals surface area contributed by atoms with Gasteiger partial charge in [0.2, 0.25) is 5.13 Å². The van der Waals surface area contributed by atoms with Gasteiger partial charge >= 0.3 is 0 Å². The summed E-state index contributed by atoms with van der Waals surface area (Å²) in [4.78, 5) is 0. The van der Waals surface area contributed by atoms with E-state index in [1.807, 2.05) is 18.2 Å². The summed E-state index contributed by atoms with van der Waals surface area (Å²) in [5.41, 5.74) is 6.80. The fraction of sp³-hybridized carbons (Fsp3) is 0.273. The van der Waals surface area contributed by atoms with Crippen LogP contribution in [0, 0.1) is 0 Å². The summed E-state index contributed by atoms with van der Waals surface area (Å²) in [5.74, 6) is 1.23. The number of nitrogens with zero attached hydrogens (tertiary/aromatic N) is 2. The summed E-state index contributed by atoms with van der Waals surface area (Å²) in [6, 6.07) is 8.07. The molecule has 0 spiro atoms. The Balaban J connectivity index is 2.04. The van der Waals surface area contributed by atoms with E-state index in [0.717, 1.165) is 23.8 Å². The minimum atomic E-state index is 0.278. The van der Waals surface area contributed by atoms with Crippen molar-refractivity contribution in [3.63, 3.8) is 0 Å². The standard InChI is InChI=1S/C11H11N3OS/c12-11-14-13-10(16-11)8-5-6-15-9-4-2-1-3-7(8)9/h1-4,8H,5-6H2,(H2,12,14)/t8-/m1/s1. The first-order valence-electron chi connectivity index (χ1n) is 5.15. The van der Waals surface area contributed by atoms with Crippen molar-refractivity contribution in [1.29, 1.82) is 0 Å². The van der Waals surface area contributed by atoms with Crippen molar-refractivity contribution >= 4 is 16.5 Å². The quantitative estimate of drug-likeness (QED) is 0.818. The van der Waals surface area contributed by atoms with Crippen LogP contribution in [0.25, 0.3) is 0 Å². The van der Waals surface area contributed by atoms with Gasteiger partial charge in [0.1, 0.15) is 10.8 Å². The molecule has 0 radical (unpaired) electrons. The largest absolute Gasteiger partial charge is 0.493 e. The molecule has 0 bridgehead atoms. The molecule has 5 heteroatoms. The highest BCUT2D eigenvalue weighted by Gasteiger charge is 2.25. The van der Waals surface area contributed by atoms with E-state index in [9.17, 15) is 0 Å². The van der Waals surface area contributed by atoms with E-state index in [1.165, 1.54) is 16.9 Å². The van der Waals surface area contributed by atoms with E-state index in [1.54, 1.807) is 0 Å². The van der Waals surface area contributed by atoms with Crippen molar-refractivity contribution in [1.82, 2.24) is 10.2 Å². The van der Waals surface area contributed by atoms with Crippen molar-refractivity contribution in [2.24, 2.45) is 0 Å². The lowest BCUT2D eigenvalue weighted by molar-refractivity contribution is 0.276. The highest BCUT2D eigenvalue weighted by Crippen LogP contribution is 2.38. The lowest BCUT2D eigenvalue weighted by atomic mass is 9.94. The molecule has 0 saturated carbocycles. The third kappa shape index (κ3) is 1.53. The average Bonchev–Trinajstić information content (AvgIpc) is 2.75. The van der Waals surface area contributed by atoms with Gasteiger partial charge in [0.15, 0.2) is 0 Å². The third-order valence-corrected chi connectivity index (χ3v) is 3.58. The van der Waals surface area contributed by atoms with Crippen molar-refractivity contribution in [3.05, 3.63) is 34.8 Å². The number of benzene rings is 1. The van der Waals surface area contributed by atoms with Gasteiger partial charge in [-0.2, -0.15) is 0 Å². The van der Waals surface area contributed by atoms with Gasteiger partial charge < -0.3 is 10.5 Å². The number of anilines is 1. The van der Waals surface area contributed by atoms with E-state index in [4.69, 9.17) is 10.5 Å². The molecule has 4 nitrogen and oxygen atoms in total. The van der Waals surface area contributed by atoms with Crippen LogP contribution in [0.1, 0.15) is 22.9 Å². The fourth-order valence-corrected chi connectivity index (χ4v) is 2.75. The van der Waals surface area contributed by atoms with Crippen LogP contribution >= 0.6 is 11.3 Å². The Labute approximate surface area is 97.1 Å². The molecule has 1 aromatic carbocycles. The van der Waals surface area contributed by atoms with Gasteiger partial charge in [0, 0.05) is 11.5 Å². The van der Waals surface area contributed by atoms with Crippen molar-refractivity contribution in [2.45, 2.75) is 12.3 Å². The summed E-state index contributed by atoms with van der Waals surface area (Å²) in [5, 5.41) is 9.50. The minimum Gasteiger partial charge on any atom is -0.493 e. The van der Waals surface area contributed by atoms with Gasteiger partial charge in [-0.05, 0) is 12.5 Å². The van der Waals surface area contributed by atoms with Gasteiger partial charge in [0.25, 0.3) is 0 Å². The van der Waals surface area contributed by atoms with Crippen molar-refractivity contribution in [2.75, 3.05) is 12.3 Å². The number of para-hydroxylation sites is 1.